The second kappa shape index (κ2) is 9.18. The fourth-order valence-corrected chi connectivity index (χ4v) is 4.35. The van der Waals surface area contributed by atoms with Crippen LogP contribution in [0.3, 0.4) is 0 Å². The van der Waals surface area contributed by atoms with Gasteiger partial charge in [0.1, 0.15) is 11.6 Å². The van der Waals surface area contributed by atoms with Gasteiger partial charge in [-0.3, -0.25) is 14.5 Å². The van der Waals surface area contributed by atoms with Crippen LogP contribution in [0, 0.1) is 0 Å². The van der Waals surface area contributed by atoms with Gasteiger partial charge >= 0.3 is 0 Å². The smallest absolute Gasteiger partial charge is 0.257 e. The summed E-state index contributed by atoms with van der Waals surface area (Å²) in [7, 11) is 6.12. The van der Waals surface area contributed by atoms with Crippen molar-refractivity contribution in [1.82, 2.24) is 29.6 Å². The van der Waals surface area contributed by atoms with E-state index in [2.05, 4.69) is 49.3 Å². The maximum absolute atomic E-state index is 13.0. The summed E-state index contributed by atoms with van der Waals surface area (Å²) in [5, 5.41) is 8.98. The van der Waals surface area contributed by atoms with Crippen LogP contribution in [0.25, 0.3) is 22.0 Å². The molecule has 0 bridgehead atoms. The SMILES string of the molecule is CN(C)C1CCN(c2cc(C(=O)Nc3cc4cc(-c5cnn(C)c5)ncc4cn3)ccn2)CC1. The van der Waals surface area contributed by atoms with E-state index in [0.29, 0.717) is 17.4 Å². The molecular formula is C25H28N8O. The highest BCUT2D eigenvalue weighted by molar-refractivity contribution is 6.05. The van der Waals surface area contributed by atoms with Crippen LogP contribution in [0.2, 0.25) is 0 Å². The molecule has 9 heteroatoms. The minimum absolute atomic E-state index is 0.208. The Morgan fingerprint density at radius 2 is 1.82 bits per heavy atom. The van der Waals surface area contributed by atoms with Gasteiger partial charge in [-0.25, -0.2) is 9.97 Å². The molecule has 34 heavy (non-hydrogen) atoms. The largest absolute Gasteiger partial charge is 0.356 e. The van der Waals surface area contributed by atoms with E-state index in [0.717, 1.165) is 53.8 Å². The number of amides is 1. The Labute approximate surface area is 198 Å². The molecular weight excluding hydrogens is 428 g/mol. The molecule has 0 aliphatic carbocycles. The van der Waals surface area contributed by atoms with Crippen molar-refractivity contribution in [2.45, 2.75) is 18.9 Å². The summed E-state index contributed by atoms with van der Waals surface area (Å²) in [6, 6.07) is 8.03. The molecule has 0 spiro atoms. The number of aromatic nitrogens is 5. The van der Waals surface area contributed by atoms with E-state index < -0.39 is 0 Å². The zero-order valence-electron chi connectivity index (χ0n) is 19.6. The van der Waals surface area contributed by atoms with E-state index in [9.17, 15) is 4.79 Å². The maximum Gasteiger partial charge on any atom is 0.257 e. The van der Waals surface area contributed by atoms with E-state index >= 15 is 0 Å². The quantitative estimate of drug-likeness (QED) is 0.493. The van der Waals surface area contributed by atoms with Crippen molar-refractivity contribution in [3.63, 3.8) is 0 Å². The molecule has 174 valence electrons. The van der Waals surface area contributed by atoms with Crippen LogP contribution >= 0.6 is 0 Å². The Morgan fingerprint density at radius 3 is 2.56 bits per heavy atom. The third kappa shape index (κ3) is 4.60. The second-order valence-electron chi connectivity index (χ2n) is 8.93. The van der Waals surface area contributed by atoms with Crippen LogP contribution in [0.5, 0.6) is 0 Å². The number of nitrogens with one attached hydrogen (secondary N) is 1. The molecule has 5 heterocycles. The van der Waals surface area contributed by atoms with Gasteiger partial charge in [-0.15, -0.1) is 0 Å². The monoisotopic (exact) mass is 456 g/mol. The zero-order chi connectivity index (χ0) is 23.7. The van der Waals surface area contributed by atoms with Gasteiger partial charge in [0.15, 0.2) is 0 Å². The highest BCUT2D eigenvalue weighted by Crippen LogP contribution is 2.24. The van der Waals surface area contributed by atoms with Gasteiger partial charge < -0.3 is 15.1 Å². The fraction of sp³-hybridized carbons (Fsp3) is 0.320. The first kappa shape index (κ1) is 22.0. The third-order valence-electron chi connectivity index (χ3n) is 6.37. The number of aryl methyl sites for hydroxylation is 1. The Morgan fingerprint density at radius 1 is 1.03 bits per heavy atom. The lowest BCUT2D eigenvalue weighted by molar-refractivity contribution is 0.102. The lowest BCUT2D eigenvalue weighted by atomic mass is 10.0. The number of nitrogens with zero attached hydrogens (tertiary/aromatic N) is 7. The molecule has 0 saturated carbocycles. The topological polar surface area (TPSA) is 92.1 Å². The van der Waals surface area contributed by atoms with Gasteiger partial charge in [-0.1, -0.05) is 0 Å². The lowest BCUT2D eigenvalue weighted by Gasteiger charge is -2.35. The highest BCUT2D eigenvalue weighted by atomic mass is 16.1. The standard InChI is InChI=1S/C25H28N8O/c1-31(2)21-5-8-33(9-6-21)24-12-17(4-7-26-24)25(34)30-23-11-18-10-22(20-15-29-32(3)16-20)27-13-19(18)14-28-23/h4,7,10-16,21H,5-6,8-9H2,1-3H3,(H,28,30,34). The van der Waals surface area contributed by atoms with Gasteiger partial charge in [-0.05, 0) is 56.6 Å². The van der Waals surface area contributed by atoms with Crippen molar-refractivity contribution >= 4 is 28.3 Å². The number of anilines is 2. The first-order chi connectivity index (χ1) is 16.5. The molecule has 0 unspecified atom stereocenters. The molecule has 1 aliphatic heterocycles. The second-order valence-corrected chi connectivity index (χ2v) is 8.93. The van der Waals surface area contributed by atoms with E-state index in [1.807, 2.05) is 31.4 Å². The third-order valence-corrected chi connectivity index (χ3v) is 6.37. The predicted molar refractivity (Wildman–Crippen MR) is 133 cm³/mol. The van der Waals surface area contributed by atoms with Gasteiger partial charge in [0.05, 0.1) is 11.9 Å². The van der Waals surface area contributed by atoms with Crippen molar-refractivity contribution in [1.29, 1.82) is 0 Å². The van der Waals surface area contributed by atoms with Gasteiger partial charge in [-0.2, -0.15) is 5.10 Å². The van der Waals surface area contributed by atoms with Crippen LogP contribution in [-0.4, -0.2) is 68.8 Å². The number of hydrogen-bond acceptors (Lipinski definition) is 7. The zero-order valence-corrected chi connectivity index (χ0v) is 19.6. The van der Waals surface area contributed by atoms with Crippen LogP contribution in [0.4, 0.5) is 11.6 Å². The van der Waals surface area contributed by atoms with Crippen molar-refractivity contribution in [2.75, 3.05) is 37.4 Å². The summed E-state index contributed by atoms with van der Waals surface area (Å²) in [4.78, 5) is 30.9. The number of fused-ring (bicyclic) bond motifs is 1. The first-order valence-electron chi connectivity index (χ1n) is 11.4. The fourth-order valence-electron chi connectivity index (χ4n) is 4.35. The highest BCUT2D eigenvalue weighted by Gasteiger charge is 2.22. The summed E-state index contributed by atoms with van der Waals surface area (Å²) < 4.78 is 1.74. The Bertz CT molecular complexity index is 1320. The van der Waals surface area contributed by atoms with E-state index in [1.165, 1.54) is 0 Å². The van der Waals surface area contributed by atoms with E-state index in [-0.39, 0.29) is 5.91 Å². The number of rotatable bonds is 5. The molecule has 4 aromatic rings. The molecule has 1 amide bonds. The van der Waals surface area contributed by atoms with Gasteiger partial charge in [0.2, 0.25) is 0 Å². The first-order valence-corrected chi connectivity index (χ1v) is 11.4. The molecule has 5 rings (SSSR count). The summed E-state index contributed by atoms with van der Waals surface area (Å²) >= 11 is 0. The summed E-state index contributed by atoms with van der Waals surface area (Å²) in [5.74, 6) is 1.12. The van der Waals surface area contributed by atoms with Crippen LogP contribution < -0.4 is 10.2 Å². The predicted octanol–water partition coefficient (Wildman–Crippen LogP) is 3.21. The minimum atomic E-state index is -0.208. The molecule has 4 aromatic heterocycles. The van der Waals surface area contributed by atoms with E-state index in [4.69, 9.17) is 0 Å². The molecule has 0 radical (unpaired) electrons. The Hall–Kier alpha value is -3.85. The maximum atomic E-state index is 13.0. The molecule has 0 aromatic carbocycles. The van der Waals surface area contributed by atoms with Crippen molar-refractivity contribution in [3.8, 4) is 11.3 Å². The van der Waals surface area contributed by atoms with Gasteiger partial charge in [0, 0.05) is 67.5 Å². The molecule has 1 fully saturated rings. The average Bonchev–Trinajstić information content (AvgIpc) is 3.30. The average molecular weight is 457 g/mol. The molecule has 1 saturated heterocycles. The summed E-state index contributed by atoms with van der Waals surface area (Å²) in [6.45, 7) is 1.86. The number of carbonyl (C=O) groups is 1. The molecule has 0 atom stereocenters. The minimum Gasteiger partial charge on any atom is -0.356 e. The number of piperidine rings is 1. The summed E-state index contributed by atoms with van der Waals surface area (Å²) in [5.41, 5.74) is 2.32. The lowest BCUT2D eigenvalue weighted by Crippen LogP contribution is -2.42. The number of pyridine rings is 3. The summed E-state index contributed by atoms with van der Waals surface area (Å²) in [6.07, 6.45) is 11.1. The van der Waals surface area contributed by atoms with Crippen LogP contribution in [-0.2, 0) is 7.05 Å². The Balaban J connectivity index is 1.32. The van der Waals surface area contributed by atoms with Crippen molar-refractivity contribution in [2.24, 2.45) is 7.05 Å². The van der Waals surface area contributed by atoms with Crippen LogP contribution in [0.15, 0.2) is 55.2 Å². The van der Waals surface area contributed by atoms with Crippen molar-refractivity contribution < 1.29 is 4.79 Å². The normalized spacial score (nSPS) is 14.6. The number of carbonyl (C=O) groups excluding carboxylic acids is 1. The van der Waals surface area contributed by atoms with Crippen molar-refractivity contribution in [3.05, 3.63) is 60.8 Å². The number of hydrogen-bond donors (Lipinski definition) is 1. The van der Waals surface area contributed by atoms with Gasteiger partial charge in [0.25, 0.3) is 5.91 Å². The van der Waals surface area contributed by atoms with Crippen LogP contribution in [0.1, 0.15) is 23.2 Å². The molecule has 1 N–H and O–H groups in total. The van der Waals surface area contributed by atoms with E-state index in [1.54, 1.807) is 35.5 Å². The molecule has 1 aliphatic rings. The Kier molecular flexibility index (Phi) is 5.93. The molecule has 9 nitrogen and oxygen atoms in total.